The van der Waals surface area contributed by atoms with E-state index in [0.717, 1.165) is 4.88 Å². The third kappa shape index (κ3) is 2.88. The number of H-pyrrole nitrogens is 1. The van der Waals surface area contributed by atoms with Gasteiger partial charge in [-0.1, -0.05) is 0 Å². The second-order valence-electron chi connectivity index (χ2n) is 4.35. The maximum absolute atomic E-state index is 11.1. The van der Waals surface area contributed by atoms with Crippen LogP contribution >= 0.6 is 11.3 Å². The average molecular weight is 318 g/mol. The lowest BCUT2D eigenvalue weighted by atomic mass is 10.1. The molecule has 0 amide bonds. The number of aromatic amines is 1. The fraction of sp³-hybridized carbons (Fsp3) is 0.0769. The predicted molar refractivity (Wildman–Crippen MR) is 80.9 cm³/mol. The van der Waals surface area contributed by atoms with Gasteiger partial charge in [-0.05, 0) is 12.1 Å². The Bertz CT molecular complexity index is 853. The minimum absolute atomic E-state index is 0.0499. The highest BCUT2D eigenvalue weighted by Crippen LogP contribution is 2.30. The summed E-state index contributed by atoms with van der Waals surface area (Å²) < 4.78 is 4.96. The number of hydrogen-bond acceptors (Lipinski definition) is 7. The number of benzene rings is 1. The number of thiazole rings is 1. The zero-order chi connectivity index (χ0) is 15.5. The summed E-state index contributed by atoms with van der Waals surface area (Å²) in [5.41, 5.74) is 2.55. The number of nitro benzene ring substituents is 1. The second-order valence-corrected chi connectivity index (χ2v) is 5.32. The zero-order valence-electron chi connectivity index (χ0n) is 11.1. The molecule has 3 aromatic rings. The highest BCUT2D eigenvalue weighted by molar-refractivity contribution is 7.09. The van der Waals surface area contributed by atoms with Gasteiger partial charge in [0.15, 0.2) is 5.76 Å². The molecule has 0 aliphatic carbocycles. The number of nitrogens with zero attached hydrogens (tertiary/aromatic N) is 2. The van der Waals surface area contributed by atoms with Crippen LogP contribution in [-0.2, 0) is 6.54 Å². The molecule has 2 aromatic heterocycles. The number of nitrogens with one attached hydrogen (secondary N) is 2. The van der Waals surface area contributed by atoms with Gasteiger partial charge >= 0.3 is 5.76 Å². The molecule has 112 valence electrons. The first-order valence-electron chi connectivity index (χ1n) is 6.22. The largest absolute Gasteiger partial charge is 0.416 e. The smallest absolute Gasteiger partial charge is 0.408 e. The lowest BCUT2D eigenvalue weighted by Crippen LogP contribution is -2.01. The van der Waals surface area contributed by atoms with E-state index in [2.05, 4.69) is 15.3 Å². The summed E-state index contributed by atoms with van der Waals surface area (Å²) in [6, 6.07) is 4.48. The van der Waals surface area contributed by atoms with Crippen LogP contribution in [0.1, 0.15) is 4.88 Å². The Morgan fingerprint density at radius 2 is 2.32 bits per heavy atom. The molecule has 0 radical (unpaired) electrons. The topological polar surface area (TPSA) is 114 Å². The van der Waals surface area contributed by atoms with Gasteiger partial charge in [-0.25, -0.2) is 4.79 Å². The van der Waals surface area contributed by atoms with Crippen molar-refractivity contribution in [1.29, 1.82) is 0 Å². The predicted octanol–water partition coefficient (Wildman–Crippen LogP) is 2.61. The third-order valence-electron chi connectivity index (χ3n) is 2.94. The number of aromatic nitrogens is 2. The van der Waals surface area contributed by atoms with Crippen molar-refractivity contribution in [3.05, 3.63) is 61.6 Å². The Hall–Kier alpha value is -2.94. The summed E-state index contributed by atoms with van der Waals surface area (Å²) in [7, 11) is 0. The molecule has 22 heavy (non-hydrogen) atoms. The Morgan fingerprint density at radius 3 is 2.95 bits per heavy atom. The van der Waals surface area contributed by atoms with Crippen LogP contribution in [0, 0.1) is 10.1 Å². The van der Waals surface area contributed by atoms with Gasteiger partial charge < -0.3 is 9.73 Å². The molecule has 0 saturated carbocycles. The Kier molecular flexibility index (Phi) is 3.71. The number of hydrogen-bond donors (Lipinski definition) is 2. The van der Waals surface area contributed by atoms with Gasteiger partial charge in [0.05, 0.1) is 23.2 Å². The van der Waals surface area contributed by atoms with Crippen molar-refractivity contribution in [1.82, 2.24) is 9.97 Å². The fourth-order valence-electron chi connectivity index (χ4n) is 1.93. The molecule has 9 heteroatoms. The first-order valence-corrected chi connectivity index (χ1v) is 7.10. The van der Waals surface area contributed by atoms with Crippen LogP contribution in [0.5, 0.6) is 0 Å². The molecule has 8 nitrogen and oxygen atoms in total. The van der Waals surface area contributed by atoms with Crippen LogP contribution in [0.2, 0.25) is 0 Å². The molecule has 0 spiro atoms. The van der Waals surface area contributed by atoms with Crippen LogP contribution < -0.4 is 11.1 Å². The first-order chi connectivity index (χ1) is 10.6. The van der Waals surface area contributed by atoms with Crippen molar-refractivity contribution in [3.63, 3.8) is 0 Å². The van der Waals surface area contributed by atoms with Crippen molar-refractivity contribution in [3.8, 4) is 11.3 Å². The molecule has 0 aliphatic heterocycles. The van der Waals surface area contributed by atoms with Gasteiger partial charge in [0.2, 0.25) is 0 Å². The van der Waals surface area contributed by atoms with E-state index in [-0.39, 0.29) is 5.69 Å². The van der Waals surface area contributed by atoms with E-state index in [4.69, 9.17) is 4.42 Å². The zero-order valence-corrected chi connectivity index (χ0v) is 11.9. The SMILES string of the molecule is O=c1[nH]cc(-c2ccc([N+](=O)[O-])c(NCc3cncs3)c2)o1. The van der Waals surface area contributed by atoms with E-state index in [0.29, 0.717) is 23.6 Å². The molecule has 0 aliphatic rings. The summed E-state index contributed by atoms with van der Waals surface area (Å²) in [6.07, 6.45) is 3.11. The van der Waals surface area contributed by atoms with Crippen molar-refractivity contribution in [2.75, 3.05) is 5.32 Å². The molecule has 0 unspecified atom stereocenters. The number of anilines is 1. The van der Waals surface area contributed by atoms with Crippen LogP contribution in [0.3, 0.4) is 0 Å². The minimum atomic E-state index is -0.576. The Morgan fingerprint density at radius 1 is 1.45 bits per heavy atom. The van der Waals surface area contributed by atoms with E-state index >= 15 is 0 Å². The maximum Gasteiger partial charge on any atom is 0.416 e. The van der Waals surface area contributed by atoms with Crippen molar-refractivity contribution in [2.45, 2.75) is 6.54 Å². The summed E-state index contributed by atoms with van der Waals surface area (Å²) in [6.45, 7) is 0.423. The number of oxazole rings is 1. The van der Waals surface area contributed by atoms with Crippen LogP contribution in [0.4, 0.5) is 11.4 Å². The molecule has 3 rings (SSSR count). The number of nitro groups is 1. The highest BCUT2D eigenvalue weighted by atomic mass is 32.1. The number of rotatable bonds is 5. The molecule has 0 atom stereocenters. The highest BCUT2D eigenvalue weighted by Gasteiger charge is 2.16. The van der Waals surface area contributed by atoms with E-state index in [9.17, 15) is 14.9 Å². The average Bonchev–Trinajstić information content (AvgIpc) is 3.16. The summed E-state index contributed by atoms with van der Waals surface area (Å²) in [4.78, 5) is 29.0. The molecular weight excluding hydrogens is 308 g/mol. The Labute approximate surface area is 127 Å². The monoisotopic (exact) mass is 318 g/mol. The quantitative estimate of drug-likeness (QED) is 0.552. The van der Waals surface area contributed by atoms with E-state index in [1.807, 2.05) is 0 Å². The molecule has 1 aromatic carbocycles. The molecular formula is C13H10N4O4S. The van der Waals surface area contributed by atoms with Crippen LogP contribution in [0.15, 0.2) is 45.3 Å². The molecule has 2 N–H and O–H groups in total. The van der Waals surface area contributed by atoms with Gasteiger partial charge in [0, 0.05) is 22.7 Å². The fourth-order valence-corrected chi connectivity index (χ4v) is 2.46. The standard InChI is InChI=1S/C13H10N4O4S/c18-13-16-6-12(21-13)8-1-2-11(17(19)20)10(3-8)15-5-9-4-14-7-22-9/h1-4,6-7,15H,5H2,(H,16,18). The molecule has 0 saturated heterocycles. The summed E-state index contributed by atoms with van der Waals surface area (Å²) in [5, 5.41) is 14.1. The minimum Gasteiger partial charge on any atom is -0.408 e. The Balaban J connectivity index is 1.93. The second kappa shape index (κ2) is 5.82. The van der Waals surface area contributed by atoms with Gasteiger partial charge in [0.25, 0.3) is 5.69 Å². The molecule has 0 fully saturated rings. The van der Waals surface area contributed by atoms with Crippen LogP contribution in [-0.4, -0.2) is 14.9 Å². The first kappa shape index (κ1) is 14.0. The normalized spacial score (nSPS) is 10.5. The molecule has 2 heterocycles. The van der Waals surface area contributed by atoms with Gasteiger partial charge in [0.1, 0.15) is 5.69 Å². The van der Waals surface area contributed by atoms with Crippen molar-refractivity contribution >= 4 is 22.7 Å². The maximum atomic E-state index is 11.1. The van der Waals surface area contributed by atoms with Crippen molar-refractivity contribution < 1.29 is 9.34 Å². The third-order valence-corrected chi connectivity index (χ3v) is 3.72. The van der Waals surface area contributed by atoms with Gasteiger partial charge in [-0.2, -0.15) is 0 Å². The van der Waals surface area contributed by atoms with E-state index < -0.39 is 10.7 Å². The lowest BCUT2D eigenvalue weighted by Gasteiger charge is -2.07. The van der Waals surface area contributed by atoms with E-state index in [1.54, 1.807) is 17.8 Å². The summed E-state index contributed by atoms with van der Waals surface area (Å²) >= 11 is 1.45. The van der Waals surface area contributed by atoms with E-state index in [1.165, 1.54) is 29.7 Å². The van der Waals surface area contributed by atoms with Gasteiger partial charge in [-0.3, -0.25) is 20.1 Å². The lowest BCUT2D eigenvalue weighted by molar-refractivity contribution is -0.384. The van der Waals surface area contributed by atoms with Crippen molar-refractivity contribution in [2.24, 2.45) is 0 Å². The van der Waals surface area contributed by atoms with Crippen LogP contribution in [0.25, 0.3) is 11.3 Å². The molecule has 0 bridgehead atoms. The van der Waals surface area contributed by atoms with Gasteiger partial charge in [-0.15, -0.1) is 11.3 Å². The summed E-state index contributed by atoms with van der Waals surface area (Å²) in [5.74, 6) is -0.256.